The summed E-state index contributed by atoms with van der Waals surface area (Å²) in [4.78, 5) is 17.4. The predicted molar refractivity (Wildman–Crippen MR) is 119 cm³/mol. The molecule has 1 fully saturated rings. The number of piperazine rings is 1. The molecule has 32 heavy (non-hydrogen) atoms. The molecule has 0 atom stereocenters. The van der Waals surface area contributed by atoms with Crippen molar-refractivity contribution in [2.75, 3.05) is 40.1 Å². The first-order valence-electron chi connectivity index (χ1n) is 10.7. The SMILES string of the molecule is COc1ccc(-c2cc(C(=O)N3CCN(Cc4ccc5c(c4)OCO5)CC3)n(C)n2)cc1. The summed E-state index contributed by atoms with van der Waals surface area (Å²) in [5.41, 5.74) is 3.51. The Morgan fingerprint density at radius 3 is 2.50 bits per heavy atom. The minimum Gasteiger partial charge on any atom is -0.497 e. The molecule has 2 aromatic carbocycles. The lowest BCUT2D eigenvalue weighted by Crippen LogP contribution is -2.48. The maximum Gasteiger partial charge on any atom is 0.272 e. The minimum atomic E-state index is 0.0162. The van der Waals surface area contributed by atoms with Crippen molar-refractivity contribution in [1.82, 2.24) is 19.6 Å². The number of hydrogen-bond donors (Lipinski definition) is 0. The first-order valence-corrected chi connectivity index (χ1v) is 10.7. The Labute approximate surface area is 186 Å². The van der Waals surface area contributed by atoms with Crippen LogP contribution in [0.3, 0.4) is 0 Å². The molecule has 0 aliphatic carbocycles. The van der Waals surface area contributed by atoms with Gasteiger partial charge in [0.2, 0.25) is 6.79 Å². The third-order valence-corrected chi connectivity index (χ3v) is 5.99. The number of amides is 1. The molecule has 0 spiro atoms. The average molecular weight is 434 g/mol. The van der Waals surface area contributed by atoms with E-state index in [1.807, 2.05) is 54.4 Å². The zero-order chi connectivity index (χ0) is 22.1. The van der Waals surface area contributed by atoms with E-state index < -0.39 is 0 Å². The molecule has 1 aromatic heterocycles. The Balaban J connectivity index is 1.21. The van der Waals surface area contributed by atoms with Gasteiger partial charge in [-0.05, 0) is 48.0 Å². The molecular formula is C24H26N4O4. The molecule has 0 unspecified atom stereocenters. The zero-order valence-corrected chi connectivity index (χ0v) is 18.3. The van der Waals surface area contributed by atoms with E-state index in [0.717, 1.165) is 48.1 Å². The number of hydrogen-bond acceptors (Lipinski definition) is 6. The predicted octanol–water partition coefficient (Wildman–Crippen LogP) is 2.78. The number of methoxy groups -OCH3 is 1. The van der Waals surface area contributed by atoms with Gasteiger partial charge in [-0.15, -0.1) is 0 Å². The van der Waals surface area contributed by atoms with E-state index in [4.69, 9.17) is 14.2 Å². The van der Waals surface area contributed by atoms with Crippen molar-refractivity contribution < 1.29 is 19.0 Å². The lowest BCUT2D eigenvalue weighted by atomic mass is 10.1. The molecule has 1 amide bonds. The molecule has 3 heterocycles. The van der Waals surface area contributed by atoms with Crippen LogP contribution in [0.2, 0.25) is 0 Å². The molecule has 1 saturated heterocycles. The van der Waals surface area contributed by atoms with Gasteiger partial charge in [-0.2, -0.15) is 5.10 Å². The van der Waals surface area contributed by atoms with E-state index in [1.165, 1.54) is 5.56 Å². The molecule has 8 heteroatoms. The van der Waals surface area contributed by atoms with Crippen molar-refractivity contribution in [3.05, 3.63) is 59.8 Å². The van der Waals surface area contributed by atoms with Gasteiger partial charge in [-0.1, -0.05) is 6.07 Å². The third-order valence-electron chi connectivity index (χ3n) is 5.99. The number of rotatable bonds is 5. The fraction of sp³-hybridized carbons (Fsp3) is 0.333. The number of nitrogens with zero attached hydrogens (tertiary/aromatic N) is 4. The molecule has 2 aliphatic rings. The van der Waals surface area contributed by atoms with E-state index in [0.29, 0.717) is 18.8 Å². The highest BCUT2D eigenvalue weighted by atomic mass is 16.7. The minimum absolute atomic E-state index is 0.0162. The van der Waals surface area contributed by atoms with Gasteiger partial charge in [0.25, 0.3) is 5.91 Å². The quantitative estimate of drug-likeness (QED) is 0.615. The smallest absolute Gasteiger partial charge is 0.272 e. The number of aromatic nitrogens is 2. The Bertz CT molecular complexity index is 1120. The van der Waals surface area contributed by atoms with Crippen LogP contribution >= 0.6 is 0 Å². The average Bonchev–Trinajstić information content (AvgIpc) is 3.45. The van der Waals surface area contributed by atoms with Gasteiger partial charge >= 0.3 is 0 Å². The Morgan fingerprint density at radius 2 is 1.75 bits per heavy atom. The van der Waals surface area contributed by atoms with Crippen LogP contribution in [-0.2, 0) is 13.6 Å². The van der Waals surface area contributed by atoms with Crippen LogP contribution in [0.15, 0.2) is 48.5 Å². The number of benzene rings is 2. The van der Waals surface area contributed by atoms with Gasteiger partial charge < -0.3 is 19.1 Å². The fourth-order valence-electron chi connectivity index (χ4n) is 4.14. The van der Waals surface area contributed by atoms with Crippen LogP contribution < -0.4 is 14.2 Å². The first-order chi connectivity index (χ1) is 15.6. The summed E-state index contributed by atoms with van der Waals surface area (Å²) in [5.74, 6) is 2.41. The van der Waals surface area contributed by atoms with Crippen LogP contribution in [0.1, 0.15) is 16.1 Å². The van der Waals surface area contributed by atoms with Gasteiger partial charge in [0.05, 0.1) is 12.8 Å². The molecule has 0 saturated carbocycles. The summed E-state index contributed by atoms with van der Waals surface area (Å²) in [6, 6.07) is 15.6. The summed E-state index contributed by atoms with van der Waals surface area (Å²) >= 11 is 0. The summed E-state index contributed by atoms with van der Waals surface area (Å²) in [6.45, 7) is 4.13. The van der Waals surface area contributed by atoms with E-state index in [2.05, 4.69) is 16.1 Å². The van der Waals surface area contributed by atoms with Gasteiger partial charge in [0, 0.05) is 45.3 Å². The van der Waals surface area contributed by atoms with E-state index in [-0.39, 0.29) is 12.7 Å². The largest absolute Gasteiger partial charge is 0.497 e. The van der Waals surface area contributed by atoms with Crippen molar-refractivity contribution >= 4 is 5.91 Å². The van der Waals surface area contributed by atoms with E-state index in [1.54, 1.807) is 11.8 Å². The topological polar surface area (TPSA) is 69.1 Å². The molecule has 3 aromatic rings. The summed E-state index contributed by atoms with van der Waals surface area (Å²) in [7, 11) is 3.46. The van der Waals surface area contributed by atoms with Crippen molar-refractivity contribution in [3.8, 4) is 28.5 Å². The number of carbonyl (C=O) groups excluding carboxylic acids is 1. The molecule has 0 bridgehead atoms. The Hall–Kier alpha value is -3.52. The van der Waals surface area contributed by atoms with Gasteiger partial charge in [0.1, 0.15) is 11.4 Å². The molecule has 2 aliphatic heterocycles. The van der Waals surface area contributed by atoms with Crippen molar-refractivity contribution in [1.29, 1.82) is 0 Å². The highest BCUT2D eigenvalue weighted by molar-refractivity contribution is 5.93. The molecule has 8 nitrogen and oxygen atoms in total. The number of ether oxygens (including phenoxy) is 3. The highest BCUT2D eigenvalue weighted by Gasteiger charge is 2.25. The third kappa shape index (κ3) is 4.01. The van der Waals surface area contributed by atoms with Crippen molar-refractivity contribution in [3.63, 3.8) is 0 Å². The maximum absolute atomic E-state index is 13.2. The molecule has 166 valence electrons. The second-order valence-electron chi connectivity index (χ2n) is 8.02. The first kappa shape index (κ1) is 20.4. The lowest BCUT2D eigenvalue weighted by Gasteiger charge is -2.34. The summed E-state index contributed by atoms with van der Waals surface area (Å²) in [6.07, 6.45) is 0. The Morgan fingerprint density at radius 1 is 1.00 bits per heavy atom. The summed E-state index contributed by atoms with van der Waals surface area (Å²) in [5, 5.41) is 4.55. The van der Waals surface area contributed by atoms with Gasteiger partial charge in [-0.25, -0.2) is 0 Å². The normalized spacial score (nSPS) is 15.8. The summed E-state index contributed by atoms with van der Waals surface area (Å²) < 4.78 is 17.7. The molecule has 0 N–H and O–H groups in total. The molecule has 0 radical (unpaired) electrons. The van der Waals surface area contributed by atoms with Crippen LogP contribution in [-0.4, -0.2) is 65.6 Å². The zero-order valence-electron chi connectivity index (χ0n) is 18.3. The van der Waals surface area contributed by atoms with Crippen LogP contribution in [0.25, 0.3) is 11.3 Å². The monoisotopic (exact) mass is 434 g/mol. The van der Waals surface area contributed by atoms with Gasteiger partial charge in [0.15, 0.2) is 11.5 Å². The lowest BCUT2D eigenvalue weighted by molar-refractivity contribution is 0.0617. The van der Waals surface area contributed by atoms with Gasteiger partial charge in [-0.3, -0.25) is 14.4 Å². The molecule has 5 rings (SSSR count). The number of aryl methyl sites for hydroxylation is 1. The second kappa shape index (κ2) is 8.55. The number of fused-ring (bicyclic) bond motifs is 1. The van der Waals surface area contributed by atoms with Crippen molar-refractivity contribution in [2.45, 2.75) is 6.54 Å². The highest BCUT2D eigenvalue weighted by Crippen LogP contribution is 2.33. The van der Waals surface area contributed by atoms with Crippen molar-refractivity contribution in [2.24, 2.45) is 7.05 Å². The van der Waals surface area contributed by atoms with Crippen LogP contribution in [0.5, 0.6) is 17.2 Å². The van der Waals surface area contributed by atoms with Crippen LogP contribution in [0, 0.1) is 0 Å². The molecular weight excluding hydrogens is 408 g/mol. The van der Waals surface area contributed by atoms with E-state index >= 15 is 0 Å². The van der Waals surface area contributed by atoms with Crippen LogP contribution in [0.4, 0.5) is 0 Å². The second-order valence-corrected chi connectivity index (χ2v) is 8.02. The maximum atomic E-state index is 13.2. The Kier molecular flexibility index (Phi) is 5.45. The fourth-order valence-corrected chi connectivity index (χ4v) is 4.14. The standard InChI is InChI=1S/C24H26N4O4/c1-26-21(14-20(25-26)18-4-6-19(30-2)7-5-18)24(29)28-11-9-27(10-12-28)15-17-3-8-22-23(13-17)32-16-31-22/h3-8,13-14H,9-12,15-16H2,1-2H3. The number of carbonyl (C=O) groups is 1. The van der Waals surface area contributed by atoms with E-state index in [9.17, 15) is 4.79 Å².